The first-order valence-electron chi connectivity index (χ1n) is 5.65. The third kappa shape index (κ3) is 2.44. The van der Waals surface area contributed by atoms with Gasteiger partial charge in [0.05, 0.1) is 13.2 Å². The number of unbranched alkanes of at least 4 members (excludes halogenated alkanes) is 1. The summed E-state index contributed by atoms with van der Waals surface area (Å²) in [5.41, 5.74) is 0.619. The molecule has 0 saturated carbocycles. The maximum Gasteiger partial charge on any atom is 0.0569 e. The van der Waals surface area contributed by atoms with E-state index in [-0.39, 0.29) is 0 Å². The lowest BCUT2D eigenvalue weighted by atomic mass is 9.78. The molecule has 1 spiro atoms. The summed E-state index contributed by atoms with van der Waals surface area (Å²) in [7, 11) is 0. The maximum atomic E-state index is 5.21. The van der Waals surface area contributed by atoms with E-state index >= 15 is 0 Å². The van der Waals surface area contributed by atoms with Gasteiger partial charge in [-0.25, -0.2) is 0 Å². The van der Waals surface area contributed by atoms with Gasteiger partial charge in [0.25, 0.3) is 0 Å². The Morgan fingerprint density at radius 2 is 1.85 bits per heavy atom. The quantitative estimate of drug-likeness (QED) is 0.668. The first-order chi connectivity index (χ1) is 6.35. The molecule has 2 heterocycles. The molecule has 2 rings (SSSR count). The van der Waals surface area contributed by atoms with Gasteiger partial charge >= 0.3 is 0 Å². The van der Waals surface area contributed by atoms with E-state index in [4.69, 9.17) is 4.74 Å². The van der Waals surface area contributed by atoms with Crippen LogP contribution in [-0.2, 0) is 4.74 Å². The fourth-order valence-electron chi connectivity index (χ4n) is 2.02. The highest BCUT2D eigenvalue weighted by Crippen LogP contribution is 2.37. The lowest BCUT2D eigenvalue weighted by Gasteiger charge is -2.55. The third-order valence-electron chi connectivity index (χ3n) is 2.76. The fraction of sp³-hybridized carbons (Fsp3) is 1.00. The minimum atomic E-state index is 0.619. The van der Waals surface area contributed by atoms with Crippen LogP contribution in [0.25, 0.3) is 0 Å². The predicted molar refractivity (Wildman–Crippen MR) is 55.9 cm³/mol. The second kappa shape index (κ2) is 4.97. The van der Waals surface area contributed by atoms with Crippen molar-refractivity contribution in [1.82, 2.24) is 4.90 Å². The SMILES string of the molecule is CC.CCCCN1CC2(COC2)C1. The van der Waals surface area contributed by atoms with Gasteiger partial charge in [0.1, 0.15) is 0 Å². The molecule has 78 valence electrons. The molecule has 0 amide bonds. The Morgan fingerprint density at radius 1 is 1.23 bits per heavy atom. The first kappa shape index (κ1) is 11.0. The van der Waals surface area contributed by atoms with Gasteiger partial charge in [-0.3, -0.25) is 0 Å². The highest BCUT2D eigenvalue weighted by atomic mass is 16.5. The van der Waals surface area contributed by atoms with Crippen LogP contribution < -0.4 is 0 Å². The van der Waals surface area contributed by atoms with Crippen LogP contribution in [0.4, 0.5) is 0 Å². The summed E-state index contributed by atoms with van der Waals surface area (Å²) in [6.45, 7) is 12.2. The molecule has 2 heteroatoms. The number of nitrogens with zero attached hydrogens (tertiary/aromatic N) is 1. The molecule has 0 radical (unpaired) electrons. The smallest absolute Gasteiger partial charge is 0.0569 e. The van der Waals surface area contributed by atoms with E-state index in [0.29, 0.717) is 5.41 Å². The number of hydrogen-bond acceptors (Lipinski definition) is 2. The molecule has 2 nitrogen and oxygen atoms in total. The van der Waals surface area contributed by atoms with Gasteiger partial charge in [-0.1, -0.05) is 27.2 Å². The van der Waals surface area contributed by atoms with E-state index < -0.39 is 0 Å². The van der Waals surface area contributed by atoms with Crippen molar-refractivity contribution >= 4 is 0 Å². The molecule has 2 fully saturated rings. The molecule has 0 bridgehead atoms. The molecule has 2 aliphatic heterocycles. The van der Waals surface area contributed by atoms with Crippen LogP contribution in [0.5, 0.6) is 0 Å². The highest BCUT2D eigenvalue weighted by Gasteiger charge is 2.48. The lowest BCUT2D eigenvalue weighted by Crippen LogP contribution is -2.65. The van der Waals surface area contributed by atoms with E-state index in [1.807, 2.05) is 13.8 Å². The van der Waals surface area contributed by atoms with Gasteiger partial charge in [-0.05, 0) is 13.0 Å². The Morgan fingerprint density at radius 3 is 2.23 bits per heavy atom. The molecule has 0 aromatic rings. The van der Waals surface area contributed by atoms with Crippen LogP contribution in [0.15, 0.2) is 0 Å². The average molecular weight is 185 g/mol. The number of hydrogen-bond donors (Lipinski definition) is 0. The van der Waals surface area contributed by atoms with Gasteiger partial charge in [0, 0.05) is 18.5 Å². The monoisotopic (exact) mass is 185 g/mol. The topological polar surface area (TPSA) is 12.5 Å². The number of rotatable bonds is 3. The standard InChI is InChI=1S/C9H17NO.C2H6/c1-2-3-4-10-5-9(6-10)7-11-8-9;1-2/h2-8H2,1H3;1-2H3. The molecule has 0 unspecified atom stereocenters. The van der Waals surface area contributed by atoms with Gasteiger partial charge in [-0.15, -0.1) is 0 Å². The number of ether oxygens (including phenoxy) is 1. The third-order valence-corrected chi connectivity index (χ3v) is 2.76. The first-order valence-corrected chi connectivity index (χ1v) is 5.65. The van der Waals surface area contributed by atoms with Crippen molar-refractivity contribution < 1.29 is 4.74 Å². The molecule has 0 atom stereocenters. The van der Waals surface area contributed by atoms with Crippen molar-refractivity contribution in [2.75, 3.05) is 32.8 Å². The molecule has 0 aromatic heterocycles. The van der Waals surface area contributed by atoms with Gasteiger partial charge < -0.3 is 9.64 Å². The Labute approximate surface area is 82.3 Å². The largest absolute Gasteiger partial charge is 0.380 e. The average Bonchev–Trinajstić information content (AvgIpc) is 2.03. The predicted octanol–water partition coefficient (Wildman–Crippen LogP) is 2.14. The molecule has 13 heavy (non-hydrogen) atoms. The van der Waals surface area contributed by atoms with E-state index in [2.05, 4.69) is 11.8 Å². The highest BCUT2D eigenvalue weighted by molar-refractivity contribution is 4.99. The molecule has 0 N–H and O–H groups in total. The number of likely N-dealkylation sites (tertiary alicyclic amines) is 1. The minimum Gasteiger partial charge on any atom is -0.380 e. The maximum absolute atomic E-state index is 5.21. The Balaban J connectivity index is 0.000000396. The zero-order valence-corrected chi connectivity index (χ0v) is 9.31. The Bertz CT molecular complexity index is 135. The van der Waals surface area contributed by atoms with Crippen LogP contribution in [0.3, 0.4) is 0 Å². The summed E-state index contributed by atoms with van der Waals surface area (Å²) in [6.07, 6.45) is 2.68. The van der Waals surface area contributed by atoms with Gasteiger partial charge in [0.15, 0.2) is 0 Å². The summed E-state index contributed by atoms with van der Waals surface area (Å²) < 4.78 is 5.21. The van der Waals surface area contributed by atoms with Crippen molar-refractivity contribution in [3.05, 3.63) is 0 Å². The summed E-state index contributed by atoms with van der Waals surface area (Å²) in [6, 6.07) is 0. The van der Waals surface area contributed by atoms with Crippen molar-refractivity contribution in [2.45, 2.75) is 33.6 Å². The van der Waals surface area contributed by atoms with Crippen LogP contribution >= 0.6 is 0 Å². The van der Waals surface area contributed by atoms with E-state index in [9.17, 15) is 0 Å². The summed E-state index contributed by atoms with van der Waals surface area (Å²) in [4.78, 5) is 2.55. The minimum absolute atomic E-state index is 0.619. The van der Waals surface area contributed by atoms with Crippen LogP contribution in [0, 0.1) is 5.41 Å². The van der Waals surface area contributed by atoms with Crippen molar-refractivity contribution in [3.8, 4) is 0 Å². The van der Waals surface area contributed by atoms with E-state index in [0.717, 1.165) is 13.2 Å². The molecular weight excluding hydrogens is 162 g/mol. The summed E-state index contributed by atoms with van der Waals surface area (Å²) in [5, 5.41) is 0. The second-order valence-corrected chi connectivity index (χ2v) is 4.06. The Kier molecular flexibility index (Phi) is 4.20. The van der Waals surface area contributed by atoms with Gasteiger partial charge in [-0.2, -0.15) is 0 Å². The zero-order valence-electron chi connectivity index (χ0n) is 9.31. The van der Waals surface area contributed by atoms with Crippen LogP contribution in [0.1, 0.15) is 33.6 Å². The van der Waals surface area contributed by atoms with Crippen LogP contribution in [-0.4, -0.2) is 37.7 Å². The molecule has 2 saturated heterocycles. The van der Waals surface area contributed by atoms with Crippen molar-refractivity contribution in [1.29, 1.82) is 0 Å². The molecule has 0 aromatic carbocycles. The Hall–Kier alpha value is -0.0800. The summed E-state index contributed by atoms with van der Waals surface area (Å²) in [5.74, 6) is 0. The molecular formula is C11H23NO. The summed E-state index contributed by atoms with van der Waals surface area (Å²) >= 11 is 0. The molecule has 0 aliphatic carbocycles. The second-order valence-electron chi connectivity index (χ2n) is 4.06. The van der Waals surface area contributed by atoms with Crippen LogP contribution in [0.2, 0.25) is 0 Å². The van der Waals surface area contributed by atoms with Crippen molar-refractivity contribution in [2.24, 2.45) is 5.41 Å². The fourth-order valence-corrected chi connectivity index (χ4v) is 2.02. The lowest BCUT2D eigenvalue weighted by molar-refractivity contribution is -0.188. The normalized spacial score (nSPS) is 24.2. The van der Waals surface area contributed by atoms with Crippen molar-refractivity contribution in [3.63, 3.8) is 0 Å². The molecule has 2 aliphatic rings. The van der Waals surface area contributed by atoms with E-state index in [1.165, 1.54) is 32.5 Å². The zero-order chi connectivity index (χ0) is 9.73. The van der Waals surface area contributed by atoms with Gasteiger partial charge in [0.2, 0.25) is 0 Å². The van der Waals surface area contributed by atoms with E-state index in [1.54, 1.807) is 0 Å².